The minimum Gasteiger partial charge on any atom is -0.465 e. The Kier molecular flexibility index (Phi) is 4.83. The Labute approximate surface area is 123 Å². The van der Waals surface area contributed by atoms with Gasteiger partial charge in [-0.05, 0) is 77.0 Å². The van der Waals surface area contributed by atoms with E-state index < -0.39 is 11.6 Å². The molecule has 0 radical (unpaired) electrons. The van der Waals surface area contributed by atoms with Gasteiger partial charge in [0.1, 0.15) is 0 Å². The van der Waals surface area contributed by atoms with Gasteiger partial charge in [0, 0.05) is 20.1 Å². The monoisotopic (exact) mass is 411 g/mol. The number of amides is 1. The van der Waals surface area contributed by atoms with Crippen LogP contribution in [0.4, 0.5) is 4.79 Å². The van der Waals surface area contributed by atoms with Crippen LogP contribution in [-0.2, 0) is 6.54 Å². The highest BCUT2D eigenvalue weighted by Gasteiger charge is 2.26. The normalized spacial score (nSPS) is 11.4. The van der Waals surface area contributed by atoms with Crippen LogP contribution in [-0.4, -0.2) is 21.6 Å². The maximum absolute atomic E-state index is 11.2. The van der Waals surface area contributed by atoms with Gasteiger partial charge in [-0.2, -0.15) is 0 Å². The van der Waals surface area contributed by atoms with E-state index in [-0.39, 0.29) is 0 Å². The molecule has 0 fully saturated rings. The molecule has 1 amide bonds. The number of hydrogen-bond acceptors (Lipinski definition) is 1. The molecular weight excluding hydrogens is 397 g/mol. The van der Waals surface area contributed by atoms with Crippen molar-refractivity contribution in [1.82, 2.24) is 4.90 Å². The molecule has 5 heteroatoms. The van der Waals surface area contributed by atoms with Crippen molar-refractivity contribution >= 4 is 44.6 Å². The fourth-order valence-corrected chi connectivity index (χ4v) is 2.17. The minimum absolute atomic E-state index is 0.397. The van der Waals surface area contributed by atoms with Gasteiger partial charge in [-0.15, -0.1) is 0 Å². The van der Waals surface area contributed by atoms with Crippen molar-refractivity contribution in [3.63, 3.8) is 0 Å². The highest BCUT2D eigenvalue weighted by Crippen LogP contribution is 2.23. The molecule has 0 saturated heterocycles. The van der Waals surface area contributed by atoms with Crippen molar-refractivity contribution in [3.05, 3.63) is 31.8 Å². The summed E-state index contributed by atoms with van der Waals surface area (Å²) in [6, 6.07) is 5.89. The molecule has 94 valence electrons. The average molecular weight is 412 g/mol. The van der Waals surface area contributed by atoms with E-state index in [0.29, 0.717) is 6.54 Å². The van der Waals surface area contributed by atoms with Crippen LogP contribution < -0.4 is 0 Å². The van der Waals surface area contributed by atoms with Gasteiger partial charge in [0.05, 0.1) is 0 Å². The van der Waals surface area contributed by atoms with Gasteiger partial charge >= 0.3 is 6.09 Å². The van der Waals surface area contributed by atoms with E-state index in [0.717, 1.165) is 13.6 Å². The summed E-state index contributed by atoms with van der Waals surface area (Å²) in [7, 11) is 0. The summed E-state index contributed by atoms with van der Waals surface area (Å²) in [5.41, 5.74) is 0.580. The number of hydrogen-bond donors (Lipinski definition) is 1. The summed E-state index contributed by atoms with van der Waals surface area (Å²) >= 11 is 5.68. The quantitative estimate of drug-likeness (QED) is 0.735. The largest absolute Gasteiger partial charge is 0.465 e. The van der Waals surface area contributed by atoms with Gasteiger partial charge in [0.25, 0.3) is 0 Å². The van der Waals surface area contributed by atoms with E-state index in [9.17, 15) is 9.90 Å². The van der Waals surface area contributed by atoms with E-state index in [1.165, 1.54) is 4.90 Å². The number of rotatable bonds is 2. The van der Waals surface area contributed by atoms with Gasteiger partial charge in [0.2, 0.25) is 0 Å². The van der Waals surface area contributed by atoms with Gasteiger partial charge in [-0.25, -0.2) is 4.79 Å². The standard InChI is InChI=1S/C12H15BrINO2/c1-12(2,3)15(11(16)17)7-8-4-5-10(14)9(13)6-8/h4-6H,7H2,1-3H3,(H,16,17). The summed E-state index contributed by atoms with van der Waals surface area (Å²) in [4.78, 5) is 12.6. The first-order valence-corrected chi connectivity index (χ1v) is 7.03. The molecule has 17 heavy (non-hydrogen) atoms. The lowest BCUT2D eigenvalue weighted by atomic mass is 10.1. The summed E-state index contributed by atoms with van der Waals surface area (Å²) in [5.74, 6) is 0. The van der Waals surface area contributed by atoms with E-state index in [1.54, 1.807) is 0 Å². The summed E-state index contributed by atoms with van der Waals surface area (Å²) < 4.78 is 2.11. The van der Waals surface area contributed by atoms with Gasteiger partial charge in [-0.3, -0.25) is 4.90 Å². The lowest BCUT2D eigenvalue weighted by molar-refractivity contribution is 0.0955. The molecule has 0 atom stereocenters. The van der Waals surface area contributed by atoms with Crippen molar-refractivity contribution in [2.24, 2.45) is 0 Å². The van der Waals surface area contributed by atoms with Crippen molar-refractivity contribution in [3.8, 4) is 0 Å². The summed E-state index contributed by atoms with van der Waals surface area (Å²) in [6.07, 6.45) is -0.896. The van der Waals surface area contributed by atoms with E-state index in [2.05, 4.69) is 38.5 Å². The lowest BCUT2D eigenvalue weighted by Gasteiger charge is -2.33. The van der Waals surface area contributed by atoms with E-state index in [4.69, 9.17) is 0 Å². The zero-order valence-corrected chi connectivity index (χ0v) is 13.7. The Hall–Kier alpha value is -0.300. The number of carboxylic acid groups (broad SMARTS) is 1. The van der Waals surface area contributed by atoms with Crippen LogP contribution in [0.15, 0.2) is 22.7 Å². The second-order valence-electron chi connectivity index (χ2n) is 4.79. The third-order valence-corrected chi connectivity index (χ3v) is 4.70. The summed E-state index contributed by atoms with van der Waals surface area (Å²) in [6.45, 7) is 6.07. The minimum atomic E-state index is -0.896. The Balaban J connectivity index is 2.95. The fourth-order valence-electron chi connectivity index (χ4n) is 1.41. The first kappa shape index (κ1) is 14.8. The highest BCUT2D eigenvalue weighted by atomic mass is 127. The molecule has 0 aliphatic heterocycles. The number of halogens is 2. The predicted molar refractivity (Wildman–Crippen MR) is 80.2 cm³/mol. The molecule has 0 heterocycles. The zero-order chi connectivity index (χ0) is 13.2. The van der Waals surface area contributed by atoms with Crippen LogP contribution in [0.1, 0.15) is 26.3 Å². The first-order valence-electron chi connectivity index (χ1n) is 5.16. The van der Waals surface area contributed by atoms with Crippen molar-refractivity contribution in [1.29, 1.82) is 0 Å². The van der Waals surface area contributed by atoms with Gasteiger partial charge in [-0.1, -0.05) is 6.07 Å². The molecule has 0 aliphatic rings. The Morgan fingerprint density at radius 1 is 1.47 bits per heavy atom. The summed E-state index contributed by atoms with van der Waals surface area (Å²) in [5, 5.41) is 9.21. The SMILES string of the molecule is CC(C)(C)N(Cc1ccc(I)c(Br)c1)C(=O)O. The van der Waals surface area contributed by atoms with Crippen LogP contribution in [0, 0.1) is 3.57 Å². The Morgan fingerprint density at radius 2 is 2.06 bits per heavy atom. The molecule has 0 unspecified atom stereocenters. The van der Waals surface area contributed by atoms with Gasteiger partial charge < -0.3 is 5.11 Å². The molecule has 1 aromatic rings. The Morgan fingerprint density at radius 3 is 2.47 bits per heavy atom. The second kappa shape index (κ2) is 5.56. The van der Waals surface area contributed by atoms with Crippen LogP contribution in [0.5, 0.6) is 0 Å². The van der Waals surface area contributed by atoms with Crippen LogP contribution in [0.25, 0.3) is 0 Å². The molecule has 0 aliphatic carbocycles. The first-order chi connectivity index (χ1) is 7.71. The molecule has 1 N–H and O–H groups in total. The Bertz CT molecular complexity index is 429. The van der Waals surface area contributed by atoms with E-state index >= 15 is 0 Å². The molecule has 0 aromatic heterocycles. The number of benzene rings is 1. The topological polar surface area (TPSA) is 40.5 Å². The molecule has 1 rings (SSSR count). The number of carbonyl (C=O) groups is 1. The van der Waals surface area contributed by atoms with Gasteiger partial charge in [0.15, 0.2) is 0 Å². The number of nitrogens with zero attached hydrogens (tertiary/aromatic N) is 1. The van der Waals surface area contributed by atoms with Crippen molar-refractivity contribution in [2.45, 2.75) is 32.9 Å². The maximum atomic E-state index is 11.2. The van der Waals surface area contributed by atoms with Crippen LogP contribution >= 0.6 is 38.5 Å². The van der Waals surface area contributed by atoms with E-state index in [1.807, 2.05) is 39.0 Å². The molecule has 3 nitrogen and oxygen atoms in total. The third-order valence-electron chi connectivity index (χ3n) is 2.37. The molecule has 1 aromatic carbocycles. The predicted octanol–water partition coefficient (Wildman–Crippen LogP) is 4.33. The fraction of sp³-hybridized carbons (Fsp3) is 0.417. The van der Waals surface area contributed by atoms with Crippen LogP contribution in [0.3, 0.4) is 0 Å². The zero-order valence-electron chi connectivity index (χ0n) is 10.00. The molecule has 0 bridgehead atoms. The average Bonchev–Trinajstić information content (AvgIpc) is 2.17. The van der Waals surface area contributed by atoms with Crippen LogP contribution in [0.2, 0.25) is 0 Å². The smallest absolute Gasteiger partial charge is 0.408 e. The third kappa shape index (κ3) is 4.13. The molecule has 0 spiro atoms. The molecule has 0 saturated carbocycles. The maximum Gasteiger partial charge on any atom is 0.408 e. The second-order valence-corrected chi connectivity index (χ2v) is 6.80. The van der Waals surface area contributed by atoms with Crippen molar-refractivity contribution < 1.29 is 9.90 Å². The van der Waals surface area contributed by atoms with Crippen molar-refractivity contribution in [2.75, 3.05) is 0 Å². The highest BCUT2D eigenvalue weighted by molar-refractivity contribution is 14.1. The molecular formula is C12H15BrINO2. The lowest BCUT2D eigenvalue weighted by Crippen LogP contribution is -2.44.